The largest absolute Gasteiger partial charge is 0.385 e. The van der Waals surface area contributed by atoms with Gasteiger partial charge in [-0.1, -0.05) is 13.8 Å². The third-order valence-electron chi connectivity index (χ3n) is 1.93. The van der Waals surface area contributed by atoms with Crippen LogP contribution < -0.4 is 11.1 Å². The molecule has 0 rings (SSSR count). The van der Waals surface area contributed by atoms with Gasteiger partial charge in [0.1, 0.15) is 0 Å². The maximum Gasteiger partial charge on any atom is 0.233 e. The van der Waals surface area contributed by atoms with Crippen LogP contribution >= 0.6 is 0 Å². The number of rotatable bonds is 6. The van der Waals surface area contributed by atoms with Crippen molar-refractivity contribution in [2.45, 2.75) is 20.3 Å². The highest BCUT2D eigenvalue weighted by atomic mass is 16.5. The molecule has 0 aliphatic carbocycles. The molecule has 0 saturated carbocycles. The number of nitrogens with two attached hydrogens (primary N) is 1. The predicted molar refractivity (Wildman–Crippen MR) is 52.3 cm³/mol. The lowest BCUT2D eigenvalue weighted by Gasteiger charge is -2.24. The molecule has 4 heteroatoms. The number of carbonyl (C=O) groups is 1. The van der Waals surface area contributed by atoms with Crippen molar-refractivity contribution < 1.29 is 9.53 Å². The summed E-state index contributed by atoms with van der Waals surface area (Å²) in [5.74, 6) is -0.106. The lowest BCUT2D eigenvalue weighted by atomic mass is 9.90. The summed E-state index contributed by atoms with van der Waals surface area (Å²) in [6, 6.07) is 0. The lowest BCUT2D eigenvalue weighted by Crippen LogP contribution is -2.37. The van der Waals surface area contributed by atoms with Crippen molar-refractivity contribution in [2.75, 3.05) is 26.8 Å². The van der Waals surface area contributed by atoms with E-state index in [2.05, 4.69) is 19.2 Å². The van der Waals surface area contributed by atoms with E-state index in [0.29, 0.717) is 13.2 Å². The van der Waals surface area contributed by atoms with Gasteiger partial charge in [-0.3, -0.25) is 4.79 Å². The third-order valence-corrected chi connectivity index (χ3v) is 1.93. The Kier molecular flexibility index (Phi) is 5.66. The molecule has 78 valence electrons. The summed E-state index contributed by atoms with van der Waals surface area (Å²) < 4.78 is 4.97. The van der Waals surface area contributed by atoms with E-state index < -0.39 is 0 Å². The fourth-order valence-electron chi connectivity index (χ4n) is 0.877. The number of carbonyl (C=O) groups excluding carboxylic acids is 1. The second kappa shape index (κ2) is 5.94. The minimum Gasteiger partial charge on any atom is -0.385 e. The molecule has 0 heterocycles. The lowest BCUT2D eigenvalue weighted by molar-refractivity contribution is -0.120. The van der Waals surface area contributed by atoms with Gasteiger partial charge in [0, 0.05) is 20.3 Å². The first-order valence-electron chi connectivity index (χ1n) is 4.47. The van der Waals surface area contributed by atoms with Crippen molar-refractivity contribution in [3.05, 3.63) is 0 Å². The molecule has 0 atom stereocenters. The predicted octanol–water partition coefficient (Wildman–Crippen LogP) is 0.124. The van der Waals surface area contributed by atoms with Gasteiger partial charge in [-0.15, -0.1) is 0 Å². The molecular weight excluding hydrogens is 168 g/mol. The van der Waals surface area contributed by atoms with Crippen LogP contribution in [0.4, 0.5) is 0 Å². The number of hydrogen-bond acceptors (Lipinski definition) is 3. The van der Waals surface area contributed by atoms with Crippen LogP contribution in [0.1, 0.15) is 20.3 Å². The van der Waals surface area contributed by atoms with E-state index in [1.165, 1.54) is 0 Å². The fraction of sp³-hybridized carbons (Fsp3) is 0.889. The Morgan fingerprint density at radius 3 is 2.62 bits per heavy atom. The number of ether oxygens (including phenoxy) is 1. The SMILES string of the molecule is COCCC(C)(C)CNC(=O)CN. The maximum atomic E-state index is 10.9. The van der Waals surface area contributed by atoms with E-state index in [-0.39, 0.29) is 17.9 Å². The number of nitrogens with one attached hydrogen (secondary N) is 1. The fourth-order valence-corrected chi connectivity index (χ4v) is 0.877. The molecular formula is C9H20N2O2. The molecule has 13 heavy (non-hydrogen) atoms. The summed E-state index contributed by atoms with van der Waals surface area (Å²) in [5.41, 5.74) is 5.24. The summed E-state index contributed by atoms with van der Waals surface area (Å²) in [6.45, 7) is 5.59. The molecule has 0 aromatic carbocycles. The van der Waals surface area contributed by atoms with Gasteiger partial charge in [0.25, 0.3) is 0 Å². The normalized spacial score (nSPS) is 11.4. The van der Waals surface area contributed by atoms with E-state index >= 15 is 0 Å². The summed E-state index contributed by atoms with van der Waals surface area (Å²) in [4.78, 5) is 10.9. The molecule has 0 spiro atoms. The Bertz CT molecular complexity index is 158. The Morgan fingerprint density at radius 2 is 2.15 bits per heavy atom. The monoisotopic (exact) mass is 188 g/mol. The molecule has 0 aliphatic heterocycles. The summed E-state index contributed by atoms with van der Waals surface area (Å²) >= 11 is 0. The molecule has 0 aliphatic rings. The van der Waals surface area contributed by atoms with Crippen LogP contribution in [-0.4, -0.2) is 32.7 Å². The van der Waals surface area contributed by atoms with Crippen molar-refractivity contribution in [3.63, 3.8) is 0 Å². The van der Waals surface area contributed by atoms with Crippen LogP contribution in [0.15, 0.2) is 0 Å². The highest BCUT2D eigenvalue weighted by Crippen LogP contribution is 2.18. The molecule has 0 unspecified atom stereocenters. The smallest absolute Gasteiger partial charge is 0.233 e. The number of hydrogen-bond donors (Lipinski definition) is 2. The maximum absolute atomic E-state index is 10.9. The average molecular weight is 188 g/mol. The summed E-state index contributed by atoms with van der Waals surface area (Å²) in [7, 11) is 1.68. The topological polar surface area (TPSA) is 64.3 Å². The van der Waals surface area contributed by atoms with Crippen LogP contribution in [0.2, 0.25) is 0 Å². The van der Waals surface area contributed by atoms with E-state index in [1.807, 2.05) is 0 Å². The Hall–Kier alpha value is -0.610. The van der Waals surface area contributed by atoms with Gasteiger partial charge >= 0.3 is 0 Å². The van der Waals surface area contributed by atoms with Gasteiger partial charge in [0.15, 0.2) is 0 Å². The Balaban J connectivity index is 3.67. The second-order valence-electron chi connectivity index (χ2n) is 3.89. The van der Waals surface area contributed by atoms with Crippen LogP contribution in [0.25, 0.3) is 0 Å². The average Bonchev–Trinajstić information content (AvgIpc) is 2.11. The van der Waals surface area contributed by atoms with Gasteiger partial charge in [-0.2, -0.15) is 0 Å². The van der Waals surface area contributed by atoms with Crippen molar-refractivity contribution in [3.8, 4) is 0 Å². The molecule has 0 radical (unpaired) electrons. The molecule has 0 aromatic rings. The van der Waals surface area contributed by atoms with Crippen molar-refractivity contribution in [2.24, 2.45) is 11.1 Å². The second-order valence-corrected chi connectivity index (χ2v) is 3.89. The van der Waals surface area contributed by atoms with Crippen LogP contribution in [0, 0.1) is 5.41 Å². The van der Waals surface area contributed by atoms with Crippen molar-refractivity contribution in [1.29, 1.82) is 0 Å². The quantitative estimate of drug-likeness (QED) is 0.622. The Morgan fingerprint density at radius 1 is 1.54 bits per heavy atom. The zero-order valence-electron chi connectivity index (χ0n) is 8.72. The minimum atomic E-state index is -0.106. The van der Waals surface area contributed by atoms with Gasteiger partial charge in [0.2, 0.25) is 5.91 Å². The molecule has 0 saturated heterocycles. The summed E-state index contributed by atoms with van der Waals surface area (Å²) in [6.07, 6.45) is 0.925. The first-order valence-corrected chi connectivity index (χ1v) is 4.47. The highest BCUT2D eigenvalue weighted by Gasteiger charge is 2.17. The first-order chi connectivity index (χ1) is 6.02. The number of methoxy groups -OCH3 is 1. The molecule has 1 amide bonds. The molecule has 3 N–H and O–H groups in total. The standard InChI is InChI=1S/C9H20N2O2/c1-9(2,4-5-13-3)7-11-8(12)6-10/h4-7,10H2,1-3H3,(H,11,12). The third kappa shape index (κ3) is 6.54. The highest BCUT2D eigenvalue weighted by molar-refractivity contribution is 5.77. The van der Waals surface area contributed by atoms with Gasteiger partial charge in [0.05, 0.1) is 6.54 Å². The zero-order valence-corrected chi connectivity index (χ0v) is 8.72. The molecule has 4 nitrogen and oxygen atoms in total. The van der Waals surface area contributed by atoms with Gasteiger partial charge in [-0.05, 0) is 11.8 Å². The minimum absolute atomic E-state index is 0.0559. The van der Waals surface area contributed by atoms with Gasteiger partial charge < -0.3 is 15.8 Å². The summed E-state index contributed by atoms with van der Waals surface area (Å²) in [5, 5.41) is 2.76. The van der Waals surface area contributed by atoms with E-state index in [1.54, 1.807) is 7.11 Å². The first kappa shape index (κ1) is 12.4. The van der Waals surface area contributed by atoms with Crippen molar-refractivity contribution >= 4 is 5.91 Å². The van der Waals surface area contributed by atoms with E-state index in [4.69, 9.17) is 10.5 Å². The zero-order chi connectivity index (χ0) is 10.3. The molecule has 0 fully saturated rings. The Labute approximate surface area is 79.8 Å². The van der Waals surface area contributed by atoms with Gasteiger partial charge in [-0.25, -0.2) is 0 Å². The molecule has 0 bridgehead atoms. The van der Waals surface area contributed by atoms with Crippen LogP contribution in [0.3, 0.4) is 0 Å². The van der Waals surface area contributed by atoms with Crippen LogP contribution in [-0.2, 0) is 9.53 Å². The van der Waals surface area contributed by atoms with Crippen LogP contribution in [0.5, 0.6) is 0 Å². The van der Waals surface area contributed by atoms with E-state index in [9.17, 15) is 4.79 Å². The van der Waals surface area contributed by atoms with Crippen molar-refractivity contribution in [1.82, 2.24) is 5.32 Å². The van der Waals surface area contributed by atoms with E-state index in [0.717, 1.165) is 6.42 Å². The molecule has 0 aromatic heterocycles. The number of amides is 1.